The number of anilines is 1. The van der Waals surface area contributed by atoms with E-state index in [-0.39, 0.29) is 0 Å². The summed E-state index contributed by atoms with van der Waals surface area (Å²) in [5.74, 6) is 0.823. The average Bonchev–Trinajstić information content (AvgIpc) is 2.97. The zero-order valence-corrected chi connectivity index (χ0v) is 14.3. The molecule has 4 nitrogen and oxygen atoms in total. The quantitative estimate of drug-likeness (QED) is 0.848. The highest BCUT2D eigenvalue weighted by Gasteiger charge is 2.15. The van der Waals surface area contributed by atoms with Gasteiger partial charge in [-0.2, -0.15) is 0 Å². The molecular formula is C15H18BrN3OS. The summed E-state index contributed by atoms with van der Waals surface area (Å²) in [7, 11) is 1.66. The third kappa shape index (κ3) is 3.55. The van der Waals surface area contributed by atoms with Crippen LogP contribution in [0.4, 0.5) is 5.13 Å². The molecule has 0 radical (unpaired) electrons. The first-order valence-corrected chi connectivity index (χ1v) is 8.81. The third-order valence-electron chi connectivity index (χ3n) is 3.76. The SMILES string of the molecule is COc1ccc(-c2nnc(NC3CCCCC3)s2)cc1Br. The van der Waals surface area contributed by atoms with E-state index in [0.717, 1.165) is 25.9 Å². The summed E-state index contributed by atoms with van der Waals surface area (Å²) in [5.41, 5.74) is 1.05. The van der Waals surface area contributed by atoms with Crippen molar-refractivity contribution in [3.63, 3.8) is 0 Å². The predicted molar refractivity (Wildman–Crippen MR) is 90.1 cm³/mol. The number of hydrogen-bond acceptors (Lipinski definition) is 5. The Bertz CT molecular complexity index is 611. The first-order valence-electron chi connectivity index (χ1n) is 7.20. The summed E-state index contributed by atoms with van der Waals surface area (Å²) in [5, 5.41) is 13.9. The minimum Gasteiger partial charge on any atom is -0.496 e. The molecule has 1 saturated carbocycles. The molecule has 6 heteroatoms. The first kappa shape index (κ1) is 14.8. The standard InChI is InChI=1S/C15H18BrN3OS/c1-20-13-8-7-10(9-12(13)16)14-18-19-15(21-14)17-11-5-3-2-4-6-11/h7-9,11H,2-6H2,1H3,(H,17,19). The second-order valence-electron chi connectivity index (χ2n) is 5.24. The van der Waals surface area contributed by atoms with Gasteiger partial charge in [0.1, 0.15) is 10.8 Å². The van der Waals surface area contributed by atoms with E-state index in [0.29, 0.717) is 6.04 Å². The fourth-order valence-electron chi connectivity index (χ4n) is 2.62. The van der Waals surface area contributed by atoms with Crippen LogP contribution in [-0.2, 0) is 0 Å². The van der Waals surface area contributed by atoms with Gasteiger partial charge >= 0.3 is 0 Å². The van der Waals surface area contributed by atoms with Crippen LogP contribution in [0.3, 0.4) is 0 Å². The van der Waals surface area contributed by atoms with Gasteiger partial charge in [-0.1, -0.05) is 30.6 Å². The van der Waals surface area contributed by atoms with Gasteiger partial charge in [-0.05, 0) is 47.0 Å². The molecule has 0 bridgehead atoms. The Morgan fingerprint density at radius 2 is 2.05 bits per heavy atom. The van der Waals surface area contributed by atoms with Gasteiger partial charge < -0.3 is 10.1 Å². The molecular weight excluding hydrogens is 350 g/mol. The largest absolute Gasteiger partial charge is 0.496 e. The summed E-state index contributed by atoms with van der Waals surface area (Å²) in [6, 6.07) is 6.52. The lowest BCUT2D eigenvalue weighted by molar-refractivity contribution is 0.412. The number of aromatic nitrogens is 2. The maximum atomic E-state index is 5.25. The van der Waals surface area contributed by atoms with Gasteiger partial charge in [0.15, 0.2) is 0 Å². The number of methoxy groups -OCH3 is 1. The molecule has 1 aromatic carbocycles. The zero-order valence-electron chi connectivity index (χ0n) is 11.9. The van der Waals surface area contributed by atoms with E-state index in [1.807, 2.05) is 18.2 Å². The summed E-state index contributed by atoms with van der Waals surface area (Å²) in [6.45, 7) is 0. The van der Waals surface area contributed by atoms with Crippen LogP contribution in [0.5, 0.6) is 5.75 Å². The summed E-state index contributed by atoms with van der Waals surface area (Å²) < 4.78 is 6.18. The van der Waals surface area contributed by atoms with Gasteiger partial charge in [0.05, 0.1) is 11.6 Å². The molecule has 112 valence electrons. The van der Waals surface area contributed by atoms with Crippen LogP contribution in [0.25, 0.3) is 10.6 Å². The van der Waals surface area contributed by atoms with Crippen molar-refractivity contribution in [2.24, 2.45) is 0 Å². The molecule has 1 heterocycles. The average molecular weight is 368 g/mol. The van der Waals surface area contributed by atoms with Gasteiger partial charge in [0, 0.05) is 11.6 Å². The normalized spacial score (nSPS) is 15.9. The minimum absolute atomic E-state index is 0.558. The number of hydrogen-bond donors (Lipinski definition) is 1. The van der Waals surface area contributed by atoms with Crippen molar-refractivity contribution < 1.29 is 4.74 Å². The van der Waals surface area contributed by atoms with Crippen LogP contribution in [0, 0.1) is 0 Å². The van der Waals surface area contributed by atoms with Crippen molar-refractivity contribution in [3.8, 4) is 16.3 Å². The zero-order chi connectivity index (χ0) is 14.7. The molecule has 0 amide bonds. The first-order chi connectivity index (χ1) is 10.3. The molecule has 0 saturated heterocycles. The minimum atomic E-state index is 0.558. The highest BCUT2D eigenvalue weighted by molar-refractivity contribution is 9.10. The number of rotatable bonds is 4. The third-order valence-corrected chi connectivity index (χ3v) is 5.28. The topological polar surface area (TPSA) is 47.0 Å². The molecule has 1 aromatic heterocycles. The smallest absolute Gasteiger partial charge is 0.206 e. The summed E-state index contributed by atoms with van der Waals surface area (Å²) in [4.78, 5) is 0. The number of ether oxygens (including phenoxy) is 1. The van der Waals surface area contributed by atoms with Crippen LogP contribution in [-0.4, -0.2) is 23.3 Å². The van der Waals surface area contributed by atoms with Gasteiger partial charge in [-0.3, -0.25) is 0 Å². The monoisotopic (exact) mass is 367 g/mol. The van der Waals surface area contributed by atoms with E-state index in [1.54, 1.807) is 18.4 Å². The molecule has 0 atom stereocenters. The molecule has 1 aliphatic rings. The maximum absolute atomic E-state index is 5.25. The van der Waals surface area contributed by atoms with Crippen molar-refractivity contribution in [2.75, 3.05) is 12.4 Å². The van der Waals surface area contributed by atoms with Crippen molar-refractivity contribution in [1.29, 1.82) is 0 Å². The van der Waals surface area contributed by atoms with E-state index in [4.69, 9.17) is 4.74 Å². The molecule has 3 rings (SSSR count). The van der Waals surface area contributed by atoms with E-state index < -0.39 is 0 Å². The fourth-order valence-corrected chi connectivity index (χ4v) is 3.98. The number of nitrogens with one attached hydrogen (secondary N) is 1. The van der Waals surface area contributed by atoms with Crippen molar-refractivity contribution in [2.45, 2.75) is 38.1 Å². The highest BCUT2D eigenvalue weighted by Crippen LogP contribution is 2.33. The number of benzene rings is 1. The van der Waals surface area contributed by atoms with Gasteiger partial charge in [0.2, 0.25) is 5.13 Å². The van der Waals surface area contributed by atoms with Crippen molar-refractivity contribution in [3.05, 3.63) is 22.7 Å². The van der Waals surface area contributed by atoms with Crippen molar-refractivity contribution in [1.82, 2.24) is 10.2 Å². The number of halogens is 1. The molecule has 1 aliphatic carbocycles. The lowest BCUT2D eigenvalue weighted by atomic mass is 9.96. The van der Waals surface area contributed by atoms with Crippen LogP contribution >= 0.6 is 27.3 Å². The Hall–Kier alpha value is -1.14. The molecule has 2 aromatic rings. The highest BCUT2D eigenvalue weighted by atomic mass is 79.9. The lowest BCUT2D eigenvalue weighted by Gasteiger charge is -2.21. The van der Waals surface area contributed by atoms with Crippen LogP contribution in [0.15, 0.2) is 22.7 Å². The molecule has 0 aliphatic heterocycles. The van der Waals surface area contributed by atoms with E-state index in [9.17, 15) is 0 Å². The van der Waals surface area contributed by atoms with Crippen LogP contribution in [0.2, 0.25) is 0 Å². The summed E-state index contributed by atoms with van der Waals surface area (Å²) in [6.07, 6.45) is 6.47. The second kappa shape index (κ2) is 6.75. The molecule has 0 spiro atoms. The number of nitrogens with zero attached hydrogens (tertiary/aromatic N) is 2. The maximum Gasteiger partial charge on any atom is 0.206 e. The second-order valence-corrected chi connectivity index (χ2v) is 7.07. The Morgan fingerprint density at radius 1 is 1.24 bits per heavy atom. The Labute approximate surface area is 137 Å². The van der Waals surface area contributed by atoms with Gasteiger partial charge in [0.25, 0.3) is 0 Å². The molecule has 1 N–H and O–H groups in total. The van der Waals surface area contributed by atoms with Crippen LogP contribution in [0.1, 0.15) is 32.1 Å². The Morgan fingerprint density at radius 3 is 2.76 bits per heavy atom. The molecule has 0 unspecified atom stereocenters. The van der Waals surface area contributed by atoms with Gasteiger partial charge in [-0.25, -0.2) is 0 Å². The van der Waals surface area contributed by atoms with Crippen LogP contribution < -0.4 is 10.1 Å². The van der Waals surface area contributed by atoms with E-state index in [1.165, 1.54) is 32.1 Å². The molecule has 1 fully saturated rings. The van der Waals surface area contributed by atoms with E-state index >= 15 is 0 Å². The predicted octanol–water partition coefficient (Wildman–Crippen LogP) is 4.72. The van der Waals surface area contributed by atoms with E-state index in [2.05, 4.69) is 31.4 Å². The Balaban J connectivity index is 1.73. The lowest BCUT2D eigenvalue weighted by Crippen LogP contribution is -2.21. The fraction of sp³-hybridized carbons (Fsp3) is 0.467. The van der Waals surface area contributed by atoms with Gasteiger partial charge in [-0.15, -0.1) is 10.2 Å². The summed E-state index contributed by atoms with van der Waals surface area (Å²) >= 11 is 5.11. The van der Waals surface area contributed by atoms with Crippen molar-refractivity contribution >= 4 is 32.4 Å². The Kier molecular flexibility index (Phi) is 4.75. The molecule has 21 heavy (non-hydrogen) atoms.